The lowest BCUT2D eigenvalue weighted by Crippen LogP contribution is -2.30. The number of esters is 1. The molecule has 0 aliphatic rings. The van der Waals surface area contributed by atoms with E-state index in [0.717, 1.165) is 16.9 Å². The quantitative estimate of drug-likeness (QED) is 0.148. The fraction of sp³-hybridized carbons (Fsp3) is 0.207. The Bertz CT molecular complexity index is 1430. The molecule has 0 saturated heterocycles. The molecule has 0 bridgehead atoms. The van der Waals surface area contributed by atoms with Crippen LogP contribution in [-0.2, 0) is 4.79 Å². The van der Waals surface area contributed by atoms with E-state index in [1.807, 2.05) is 68.4 Å². The predicted octanol–water partition coefficient (Wildman–Crippen LogP) is 5.36. The van der Waals surface area contributed by atoms with Crippen LogP contribution in [0.1, 0.15) is 47.3 Å². The summed E-state index contributed by atoms with van der Waals surface area (Å²) in [5, 5.41) is 3.36. The highest BCUT2D eigenvalue weighted by molar-refractivity contribution is 5.97. The maximum atomic E-state index is 12.7. The average molecular weight is 486 g/mol. The van der Waals surface area contributed by atoms with Crippen molar-refractivity contribution >= 4 is 22.8 Å². The molecule has 0 fully saturated rings. The van der Waals surface area contributed by atoms with Gasteiger partial charge < -0.3 is 19.2 Å². The normalized spacial score (nSPS) is 11.6. The Morgan fingerprint density at radius 3 is 2.50 bits per heavy atom. The molecule has 36 heavy (non-hydrogen) atoms. The van der Waals surface area contributed by atoms with Crippen LogP contribution in [0.2, 0.25) is 0 Å². The first-order chi connectivity index (χ1) is 17.4. The van der Waals surface area contributed by atoms with Crippen LogP contribution < -0.4 is 20.4 Å². The van der Waals surface area contributed by atoms with E-state index in [0.29, 0.717) is 18.4 Å². The molecule has 1 unspecified atom stereocenters. The van der Waals surface area contributed by atoms with Gasteiger partial charge in [0.2, 0.25) is 0 Å². The van der Waals surface area contributed by atoms with Gasteiger partial charge in [0.25, 0.3) is 5.91 Å². The number of amides is 1. The van der Waals surface area contributed by atoms with Gasteiger partial charge in [-0.3, -0.25) is 9.59 Å². The van der Waals surface area contributed by atoms with Gasteiger partial charge in [0, 0.05) is 17.9 Å². The van der Waals surface area contributed by atoms with Crippen LogP contribution >= 0.6 is 0 Å². The number of carbonyl (C=O) groups excluding carboxylic acids is 2. The second kappa shape index (κ2) is 11.4. The highest BCUT2D eigenvalue weighted by atomic mass is 16.5. The summed E-state index contributed by atoms with van der Waals surface area (Å²) in [6.45, 7) is 4.19. The zero-order valence-corrected chi connectivity index (χ0v) is 20.2. The van der Waals surface area contributed by atoms with Crippen LogP contribution in [0, 0.1) is 6.92 Å². The lowest BCUT2D eigenvalue weighted by molar-refractivity contribution is -0.134. The third-order valence-electron chi connectivity index (χ3n) is 5.71. The van der Waals surface area contributed by atoms with Crippen LogP contribution in [0.15, 0.2) is 88.1 Å². The number of benzene rings is 3. The Kier molecular flexibility index (Phi) is 7.80. The minimum atomic E-state index is -0.767. The highest BCUT2D eigenvalue weighted by Crippen LogP contribution is 2.22. The molecule has 4 aromatic rings. The Labute approximate surface area is 208 Å². The van der Waals surface area contributed by atoms with E-state index in [9.17, 15) is 14.4 Å². The van der Waals surface area contributed by atoms with Crippen LogP contribution in [0.25, 0.3) is 11.0 Å². The minimum Gasteiger partial charge on any atom is -0.493 e. The summed E-state index contributed by atoms with van der Waals surface area (Å²) in [5.74, 6) is 0.102. The molecule has 1 amide bonds. The zero-order chi connectivity index (χ0) is 25.5. The Balaban J connectivity index is 1.35. The topological polar surface area (TPSA) is 94.8 Å². The monoisotopic (exact) mass is 485 g/mol. The number of aryl methyl sites for hydroxylation is 1. The smallest absolute Gasteiger partial charge is 0.349 e. The summed E-state index contributed by atoms with van der Waals surface area (Å²) in [4.78, 5) is 37.4. The van der Waals surface area contributed by atoms with Gasteiger partial charge in [-0.1, -0.05) is 48.5 Å². The van der Waals surface area contributed by atoms with E-state index >= 15 is 0 Å². The first kappa shape index (κ1) is 24.7. The molecule has 0 aliphatic heterocycles. The maximum absolute atomic E-state index is 12.7. The van der Waals surface area contributed by atoms with Crippen molar-refractivity contribution in [1.29, 1.82) is 0 Å². The molecule has 0 saturated carbocycles. The number of hydrogen-bond acceptors (Lipinski definition) is 6. The zero-order valence-electron chi connectivity index (χ0n) is 20.2. The number of nitrogens with one attached hydrogen (secondary N) is 1. The van der Waals surface area contributed by atoms with Gasteiger partial charge in [-0.15, -0.1) is 0 Å². The van der Waals surface area contributed by atoms with E-state index in [-0.39, 0.29) is 29.4 Å². The summed E-state index contributed by atoms with van der Waals surface area (Å²) in [6, 6.07) is 23.0. The van der Waals surface area contributed by atoms with Crippen molar-refractivity contribution in [3.05, 3.63) is 106 Å². The number of para-hydroxylation sites is 1. The number of hydrogen-bond donors (Lipinski definition) is 1. The molecule has 1 heterocycles. The largest absolute Gasteiger partial charge is 0.493 e. The Morgan fingerprint density at radius 2 is 1.72 bits per heavy atom. The van der Waals surface area contributed by atoms with Gasteiger partial charge >= 0.3 is 11.6 Å². The third kappa shape index (κ3) is 6.18. The predicted molar refractivity (Wildman–Crippen MR) is 136 cm³/mol. The fourth-order valence-corrected chi connectivity index (χ4v) is 3.71. The number of ether oxygens (including phenoxy) is 2. The van der Waals surface area contributed by atoms with Crippen LogP contribution in [0.3, 0.4) is 0 Å². The molecule has 0 radical (unpaired) electrons. The van der Waals surface area contributed by atoms with E-state index in [4.69, 9.17) is 13.9 Å². The van der Waals surface area contributed by atoms with Gasteiger partial charge in [-0.05, 0) is 55.7 Å². The molecule has 3 aromatic carbocycles. The Hall–Kier alpha value is -4.39. The number of rotatable bonds is 9. The van der Waals surface area contributed by atoms with Gasteiger partial charge in [0.05, 0.1) is 12.6 Å². The summed E-state index contributed by atoms with van der Waals surface area (Å²) in [5.41, 5.74) is 1.31. The van der Waals surface area contributed by atoms with E-state index in [1.54, 1.807) is 12.1 Å². The minimum absolute atomic E-state index is 0.0938. The average Bonchev–Trinajstić information content (AvgIpc) is 2.87. The first-order valence-corrected chi connectivity index (χ1v) is 11.7. The molecule has 1 atom stereocenters. The van der Waals surface area contributed by atoms with E-state index < -0.39 is 17.5 Å². The molecule has 1 aromatic heterocycles. The van der Waals surface area contributed by atoms with Crippen molar-refractivity contribution in [3.8, 4) is 11.5 Å². The first-order valence-electron chi connectivity index (χ1n) is 11.7. The van der Waals surface area contributed by atoms with Gasteiger partial charge in [0.1, 0.15) is 22.6 Å². The second-order valence-corrected chi connectivity index (χ2v) is 8.44. The molecule has 1 N–H and O–H groups in total. The van der Waals surface area contributed by atoms with Gasteiger partial charge in [-0.25, -0.2) is 4.79 Å². The van der Waals surface area contributed by atoms with Crippen molar-refractivity contribution in [2.45, 2.75) is 32.7 Å². The van der Waals surface area contributed by atoms with Crippen LogP contribution in [0.5, 0.6) is 11.5 Å². The van der Waals surface area contributed by atoms with Crippen molar-refractivity contribution in [2.75, 3.05) is 6.61 Å². The van der Waals surface area contributed by atoms with Crippen molar-refractivity contribution in [3.63, 3.8) is 0 Å². The third-order valence-corrected chi connectivity index (χ3v) is 5.71. The van der Waals surface area contributed by atoms with Crippen molar-refractivity contribution in [1.82, 2.24) is 5.32 Å². The molecule has 4 rings (SSSR count). The summed E-state index contributed by atoms with van der Waals surface area (Å²) >= 11 is 0. The fourth-order valence-electron chi connectivity index (χ4n) is 3.71. The lowest BCUT2D eigenvalue weighted by atomic mass is 10.1. The number of carbonyl (C=O) groups is 2. The molecular formula is C29H27NO6. The maximum Gasteiger partial charge on any atom is 0.349 e. The lowest BCUT2D eigenvalue weighted by Gasteiger charge is -2.14. The summed E-state index contributed by atoms with van der Waals surface area (Å²) in [7, 11) is 0. The molecule has 0 aliphatic carbocycles. The Morgan fingerprint density at radius 1 is 0.972 bits per heavy atom. The van der Waals surface area contributed by atoms with Crippen LogP contribution in [0.4, 0.5) is 0 Å². The van der Waals surface area contributed by atoms with Crippen molar-refractivity contribution < 1.29 is 23.5 Å². The van der Waals surface area contributed by atoms with Gasteiger partial charge in [-0.2, -0.15) is 0 Å². The summed E-state index contributed by atoms with van der Waals surface area (Å²) < 4.78 is 16.4. The molecule has 7 nitrogen and oxygen atoms in total. The molecule has 7 heteroatoms. The van der Waals surface area contributed by atoms with Crippen LogP contribution in [-0.4, -0.2) is 18.5 Å². The molecular weight excluding hydrogens is 458 g/mol. The van der Waals surface area contributed by atoms with E-state index in [1.165, 1.54) is 12.1 Å². The van der Waals surface area contributed by atoms with Crippen molar-refractivity contribution in [2.24, 2.45) is 0 Å². The highest BCUT2D eigenvalue weighted by Gasteiger charge is 2.17. The van der Waals surface area contributed by atoms with Gasteiger partial charge in [0.15, 0.2) is 0 Å². The second-order valence-electron chi connectivity index (χ2n) is 8.44. The summed E-state index contributed by atoms with van der Waals surface area (Å²) in [6.07, 6.45) is 0.669. The number of fused-ring (bicyclic) bond motifs is 1. The standard InChI is InChI=1S/C29H27NO6/c1-19-9-6-7-12-25(19)34-16-8-13-27(31)35-23-15-14-22-17-24(29(33)36-26(22)18-23)28(32)30-20(2)21-10-4-3-5-11-21/h3-7,9-12,14-15,17-18,20H,8,13,16H2,1-2H3,(H,30,32). The van der Waals surface area contributed by atoms with E-state index in [2.05, 4.69) is 5.32 Å². The molecule has 184 valence electrons. The molecule has 0 spiro atoms. The SMILES string of the molecule is Cc1ccccc1OCCCC(=O)Oc1ccc2cc(C(=O)NC(C)c3ccccc3)c(=O)oc2c1.